The van der Waals surface area contributed by atoms with Crippen LogP contribution in [0.3, 0.4) is 0 Å². The van der Waals surface area contributed by atoms with E-state index in [1.165, 1.54) is 13.2 Å². The molecule has 0 unspecified atom stereocenters. The quantitative estimate of drug-likeness (QED) is 0.458. The van der Waals surface area contributed by atoms with Crippen molar-refractivity contribution in [2.24, 2.45) is 0 Å². The molecule has 0 aromatic heterocycles. The zero-order valence-corrected chi connectivity index (χ0v) is 17.2. The fourth-order valence-corrected chi connectivity index (χ4v) is 2.52. The van der Waals surface area contributed by atoms with E-state index in [0.717, 1.165) is 12.0 Å². The Morgan fingerprint density at radius 2 is 1.63 bits per heavy atom. The molecule has 2 rings (SSSR count). The number of anilines is 1. The van der Waals surface area contributed by atoms with E-state index in [1.807, 2.05) is 6.92 Å². The highest BCUT2D eigenvalue weighted by Gasteiger charge is 2.08. The molecule has 0 saturated carbocycles. The van der Waals surface area contributed by atoms with Gasteiger partial charge < -0.3 is 14.8 Å². The van der Waals surface area contributed by atoms with E-state index in [9.17, 15) is 14.4 Å². The molecule has 0 atom stereocenters. The normalized spacial score (nSPS) is 10.4. The summed E-state index contributed by atoms with van der Waals surface area (Å²) in [6, 6.07) is 11.6. The van der Waals surface area contributed by atoms with Crippen LogP contribution in [0.2, 0.25) is 0 Å². The van der Waals surface area contributed by atoms with Gasteiger partial charge in [-0.05, 0) is 54.5 Å². The van der Waals surface area contributed by atoms with Crippen molar-refractivity contribution in [2.45, 2.75) is 19.8 Å². The van der Waals surface area contributed by atoms with Crippen LogP contribution in [0.15, 0.2) is 48.5 Å². The summed E-state index contributed by atoms with van der Waals surface area (Å²) < 4.78 is 10.4. The molecule has 3 amide bonds. The second-order valence-electron chi connectivity index (χ2n) is 6.27. The molecule has 158 valence electrons. The Balaban J connectivity index is 1.87. The molecule has 0 heterocycles. The van der Waals surface area contributed by atoms with Gasteiger partial charge in [-0.15, -0.1) is 0 Å². The molecule has 0 bridgehead atoms. The number of nitrogens with one attached hydrogen (secondary N) is 3. The Bertz CT molecular complexity index is 923. The Kier molecular flexibility index (Phi) is 8.43. The second-order valence-corrected chi connectivity index (χ2v) is 6.27. The van der Waals surface area contributed by atoms with Crippen LogP contribution in [0.1, 0.15) is 35.7 Å². The number of carbonyl (C=O) groups is 3. The van der Waals surface area contributed by atoms with Crippen molar-refractivity contribution in [1.82, 2.24) is 10.9 Å². The van der Waals surface area contributed by atoms with Gasteiger partial charge >= 0.3 is 0 Å². The lowest BCUT2D eigenvalue weighted by atomic mass is 10.2. The van der Waals surface area contributed by atoms with Crippen LogP contribution < -0.4 is 25.6 Å². The molecule has 8 nitrogen and oxygen atoms in total. The maximum Gasteiger partial charge on any atom is 0.269 e. The van der Waals surface area contributed by atoms with Gasteiger partial charge in [-0.2, -0.15) is 0 Å². The van der Waals surface area contributed by atoms with Crippen molar-refractivity contribution in [3.05, 3.63) is 59.7 Å². The van der Waals surface area contributed by atoms with Crippen molar-refractivity contribution in [1.29, 1.82) is 0 Å². The summed E-state index contributed by atoms with van der Waals surface area (Å²) in [5, 5.41) is 2.74. The van der Waals surface area contributed by atoms with Crippen LogP contribution in [0, 0.1) is 0 Å². The number of rotatable bonds is 8. The highest BCUT2D eigenvalue weighted by molar-refractivity contribution is 5.98. The molecule has 0 fully saturated rings. The average Bonchev–Trinajstić information content (AvgIpc) is 2.76. The molecule has 2 aromatic carbocycles. The molecule has 0 aliphatic heterocycles. The van der Waals surface area contributed by atoms with Crippen LogP contribution in [-0.4, -0.2) is 31.9 Å². The van der Waals surface area contributed by atoms with E-state index >= 15 is 0 Å². The first kappa shape index (κ1) is 22.5. The molecule has 3 N–H and O–H groups in total. The fourth-order valence-electron chi connectivity index (χ4n) is 2.52. The summed E-state index contributed by atoms with van der Waals surface area (Å²) in [5.41, 5.74) is 6.32. The Morgan fingerprint density at radius 1 is 0.933 bits per heavy atom. The minimum absolute atomic E-state index is 0.0803. The zero-order valence-electron chi connectivity index (χ0n) is 17.2. The van der Waals surface area contributed by atoms with E-state index in [4.69, 9.17) is 9.47 Å². The summed E-state index contributed by atoms with van der Waals surface area (Å²) in [6.45, 7) is 1.92. The lowest BCUT2D eigenvalue weighted by Gasteiger charge is -2.08. The molecule has 0 spiro atoms. The van der Waals surface area contributed by atoms with Gasteiger partial charge in [0.1, 0.15) is 0 Å². The highest BCUT2D eigenvalue weighted by atomic mass is 16.5. The van der Waals surface area contributed by atoms with Gasteiger partial charge in [0.05, 0.1) is 14.2 Å². The predicted molar refractivity (Wildman–Crippen MR) is 114 cm³/mol. The third kappa shape index (κ3) is 6.66. The summed E-state index contributed by atoms with van der Waals surface area (Å²) >= 11 is 0. The van der Waals surface area contributed by atoms with Crippen molar-refractivity contribution in [2.75, 3.05) is 19.5 Å². The zero-order chi connectivity index (χ0) is 21.9. The van der Waals surface area contributed by atoms with Gasteiger partial charge in [0, 0.05) is 23.7 Å². The molecule has 0 aliphatic rings. The van der Waals surface area contributed by atoms with Crippen LogP contribution in [0.4, 0.5) is 5.69 Å². The topological polar surface area (TPSA) is 106 Å². The molecule has 0 saturated heterocycles. The number of carbonyl (C=O) groups excluding carboxylic acids is 3. The van der Waals surface area contributed by atoms with Crippen molar-refractivity contribution in [3.63, 3.8) is 0 Å². The van der Waals surface area contributed by atoms with E-state index in [0.29, 0.717) is 29.2 Å². The summed E-state index contributed by atoms with van der Waals surface area (Å²) in [7, 11) is 3.07. The van der Waals surface area contributed by atoms with E-state index in [1.54, 1.807) is 55.7 Å². The predicted octanol–water partition coefficient (Wildman–Crippen LogP) is 2.92. The smallest absolute Gasteiger partial charge is 0.269 e. The standard InChI is InChI=1S/C22H25N3O5/c1-4-5-20(26)23-17-10-8-16(9-11-17)22(28)25-24-21(27)13-7-15-6-12-18(29-2)19(14-15)30-3/h6-14H,4-5H2,1-3H3,(H,23,26)(H,24,27)(H,25,28)/b13-7+. The van der Waals surface area contributed by atoms with Crippen LogP contribution >= 0.6 is 0 Å². The van der Waals surface area contributed by atoms with E-state index < -0.39 is 11.8 Å². The number of amides is 3. The van der Waals surface area contributed by atoms with Gasteiger partial charge in [-0.25, -0.2) is 0 Å². The molecular weight excluding hydrogens is 386 g/mol. The van der Waals surface area contributed by atoms with E-state index in [-0.39, 0.29) is 5.91 Å². The van der Waals surface area contributed by atoms with Crippen LogP contribution in [0.5, 0.6) is 11.5 Å². The second kappa shape index (κ2) is 11.3. The van der Waals surface area contributed by atoms with Gasteiger partial charge in [0.25, 0.3) is 11.8 Å². The number of ether oxygens (including phenoxy) is 2. The number of hydrazine groups is 1. The first-order valence-electron chi connectivity index (χ1n) is 9.37. The molecule has 0 aliphatic carbocycles. The largest absolute Gasteiger partial charge is 0.493 e. The monoisotopic (exact) mass is 411 g/mol. The first-order chi connectivity index (χ1) is 14.5. The third-order valence-electron chi connectivity index (χ3n) is 4.04. The lowest BCUT2D eigenvalue weighted by molar-refractivity contribution is -0.117. The maximum absolute atomic E-state index is 12.1. The van der Waals surface area contributed by atoms with Crippen molar-refractivity contribution in [3.8, 4) is 11.5 Å². The maximum atomic E-state index is 12.1. The Morgan fingerprint density at radius 3 is 2.27 bits per heavy atom. The van der Waals surface area contributed by atoms with E-state index in [2.05, 4.69) is 16.2 Å². The van der Waals surface area contributed by atoms with Crippen LogP contribution in [-0.2, 0) is 9.59 Å². The number of hydrogen-bond donors (Lipinski definition) is 3. The first-order valence-corrected chi connectivity index (χ1v) is 9.37. The average molecular weight is 411 g/mol. The van der Waals surface area contributed by atoms with Crippen molar-refractivity contribution < 1.29 is 23.9 Å². The molecule has 30 heavy (non-hydrogen) atoms. The minimum atomic E-state index is -0.499. The minimum Gasteiger partial charge on any atom is -0.493 e. The highest BCUT2D eigenvalue weighted by Crippen LogP contribution is 2.27. The fraction of sp³-hybridized carbons (Fsp3) is 0.227. The summed E-state index contributed by atoms with van der Waals surface area (Å²) in [6.07, 6.45) is 4.06. The molecule has 8 heteroatoms. The van der Waals surface area contributed by atoms with Gasteiger partial charge in [-0.1, -0.05) is 13.0 Å². The van der Waals surface area contributed by atoms with Crippen molar-refractivity contribution >= 4 is 29.5 Å². The molecule has 2 aromatic rings. The SMILES string of the molecule is CCCC(=O)Nc1ccc(C(=O)NNC(=O)/C=C/c2ccc(OC)c(OC)c2)cc1. The Labute approximate surface area is 175 Å². The van der Waals surface area contributed by atoms with Gasteiger partial charge in [-0.3, -0.25) is 25.2 Å². The van der Waals surface area contributed by atoms with Gasteiger partial charge in [0.2, 0.25) is 5.91 Å². The molecule has 0 radical (unpaired) electrons. The molecular formula is C22H25N3O5. The summed E-state index contributed by atoms with van der Waals surface area (Å²) in [5.74, 6) is 0.0733. The van der Waals surface area contributed by atoms with Gasteiger partial charge in [0.15, 0.2) is 11.5 Å². The Hall–Kier alpha value is -3.81. The third-order valence-corrected chi connectivity index (χ3v) is 4.04. The van der Waals surface area contributed by atoms with Crippen LogP contribution in [0.25, 0.3) is 6.08 Å². The lowest BCUT2D eigenvalue weighted by Crippen LogP contribution is -2.40. The number of methoxy groups -OCH3 is 2. The number of benzene rings is 2. The summed E-state index contributed by atoms with van der Waals surface area (Å²) in [4.78, 5) is 35.7. The number of hydrogen-bond acceptors (Lipinski definition) is 5.